The summed E-state index contributed by atoms with van der Waals surface area (Å²) in [7, 11) is 1.62. The fourth-order valence-corrected chi connectivity index (χ4v) is 3.04. The van der Waals surface area contributed by atoms with E-state index in [4.69, 9.17) is 9.15 Å². The number of amides is 1. The van der Waals surface area contributed by atoms with Gasteiger partial charge in [0.1, 0.15) is 17.4 Å². The lowest BCUT2D eigenvalue weighted by Crippen LogP contribution is -2.33. The van der Waals surface area contributed by atoms with Crippen LogP contribution in [0.25, 0.3) is 11.0 Å². The Morgan fingerprint density at radius 3 is 2.52 bits per heavy atom. The fraction of sp³-hybridized carbons (Fsp3) is 0.286. The lowest BCUT2D eigenvalue weighted by atomic mass is 9.95. The molecule has 1 heterocycles. The van der Waals surface area contributed by atoms with E-state index < -0.39 is 0 Å². The molecule has 4 nitrogen and oxygen atoms in total. The number of hydrogen-bond donors (Lipinski definition) is 1. The predicted molar refractivity (Wildman–Crippen MR) is 98.4 cm³/mol. The second-order valence-corrected chi connectivity index (χ2v) is 6.03. The van der Waals surface area contributed by atoms with Crippen molar-refractivity contribution in [3.63, 3.8) is 0 Å². The van der Waals surface area contributed by atoms with E-state index in [1.165, 1.54) is 0 Å². The first-order chi connectivity index (χ1) is 12.2. The number of rotatable bonds is 7. The summed E-state index contributed by atoms with van der Waals surface area (Å²) >= 11 is 0. The number of benzene rings is 2. The summed E-state index contributed by atoms with van der Waals surface area (Å²) < 4.78 is 11.4. The van der Waals surface area contributed by atoms with Crippen molar-refractivity contribution in [3.05, 3.63) is 72.0 Å². The van der Waals surface area contributed by atoms with Crippen LogP contribution in [-0.4, -0.2) is 19.6 Å². The highest BCUT2D eigenvalue weighted by molar-refractivity contribution is 5.83. The Morgan fingerprint density at radius 1 is 1.12 bits per heavy atom. The third-order valence-corrected chi connectivity index (χ3v) is 4.43. The van der Waals surface area contributed by atoms with Gasteiger partial charge in [-0.2, -0.15) is 0 Å². The molecule has 0 unspecified atom stereocenters. The average Bonchev–Trinajstić information content (AvgIpc) is 3.07. The summed E-state index contributed by atoms with van der Waals surface area (Å²) in [6.45, 7) is 2.39. The number of fused-ring (bicyclic) bond motifs is 1. The van der Waals surface area contributed by atoms with Crippen LogP contribution in [0.1, 0.15) is 36.7 Å². The maximum atomic E-state index is 12.6. The number of hydrogen-bond acceptors (Lipinski definition) is 3. The minimum atomic E-state index is -0.315. The molecule has 0 spiro atoms. The molecule has 3 rings (SSSR count). The third-order valence-electron chi connectivity index (χ3n) is 4.43. The Bertz CT molecular complexity index is 792. The Labute approximate surface area is 147 Å². The molecule has 0 aliphatic carbocycles. The number of carbonyl (C=O) groups excluding carboxylic acids is 1. The van der Waals surface area contributed by atoms with Gasteiger partial charge in [-0.05, 0) is 24.1 Å². The molecule has 0 saturated carbocycles. The molecule has 25 heavy (non-hydrogen) atoms. The molecule has 0 aliphatic heterocycles. The van der Waals surface area contributed by atoms with E-state index in [1.807, 2.05) is 67.6 Å². The smallest absolute Gasteiger partial charge is 0.227 e. The standard InChI is InChI=1S/C21H23NO3/c1-3-17(15-9-5-4-6-10-15)21(23)22-14-20(24-2)19-13-16-11-7-8-12-18(16)25-19/h4-13,17,20H,3,14H2,1-2H3,(H,22,23)/t17-,20-/m0/s1. The molecular weight excluding hydrogens is 314 g/mol. The van der Waals surface area contributed by atoms with Crippen LogP contribution in [0.5, 0.6) is 0 Å². The van der Waals surface area contributed by atoms with E-state index in [0.29, 0.717) is 6.54 Å². The molecule has 0 bridgehead atoms. The first-order valence-electron chi connectivity index (χ1n) is 8.56. The quantitative estimate of drug-likeness (QED) is 0.694. The maximum absolute atomic E-state index is 12.6. The van der Waals surface area contributed by atoms with Gasteiger partial charge in [0.05, 0.1) is 12.5 Å². The van der Waals surface area contributed by atoms with E-state index in [9.17, 15) is 4.79 Å². The van der Waals surface area contributed by atoms with Gasteiger partial charge >= 0.3 is 0 Å². The second kappa shape index (κ2) is 7.99. The topological polar surface area (TPSA) is 51.5 Å². The number of carbonyl (C=O) groups is 1. The first kappa shape index (κ1) is 17.2. The first-order valence-corrected chi connectivity index (χ1v) is 8.56. The van der Waals surface area contributed by atoms with Gasteiger partial charge in [-0.15, -0.1) is 0 Å². The Morgan fingerprint density at radius 2 is 1.84 bits per heavy atom. The van der Waals surface area contributed by atoms with Gasteiger partial charge in [0.25, 0.3) is 0 Å². The van der Waals surface area contributed by atoms with E-state index in [1.54, 1.807) is 7.11 Å². The van der Waals surface area contributed by atoms with Crippen LogP contribution in [0.3, 0.4) is 0 Å². The number of furan rings is 1. The molecule has 1 aromatic heterocycles. The Balaban J connectivity index is 1.68. The molecule has 1 N–H and O–H groups in total. The monoisotopic (exact) mass is 337 g/mol. The zero-order valence-electron chi connectivity index (χ0n) is 14.6. The van der Waals surface area contributed by atoms with Gasteiger partial charge in [-0.3, -0.25) is 4.79 Å². The molecular formula is C21H23NO3. The van der Waals surface area contributed by atoms with E-state index in [2.05, 4.69) is 5.32 Å². The molecule has 0 fully saturated rings. The second-order valence-electron chi connectivity index (χ2n) is 6.03. The molecule has 0 aliphatic rings. The van der Waals surface area contributed by atoms with Crippen LogP contribution in [0, 0.1) is 0 Å². The average molecular weight is 337 g/mol. The van der Waals surface area contributed by atoms with Crippen molar-refractivity contribution in [2.75, 3.05) is 13.7 Å². The number of para-hydroxylation sites is 1. The van der Waals surface area contributed by atoms with Gasteiger partial charge < -0.3 is 14.5 Å². The number of ether oxygens (including phenoxy) is 1. The largest absolute Gasteiger partial charge is 0.458 e. The molecule has 130 valence electrons. The van der Waals surface area contributed by atoms with Crippen LogP contribution in [-0.2, 0) is 9.53 Å². The lowest BCUT2D eigenvalue weighted by Gasteiger charge is -2.18. The summed E-state index contributed by atoms with van der Waals surface area (Å²) in [5, 5.41) is 4.03. The third kappa shape index (κ3) is 3.91. The highest BCUT2D eigenvalue weighted by Gasteiger charge is 2.21. The van der Waals surface area contributed by atoms with Crippen molar-refractivity contribution in [2.24, 2.45) is 0 Å². The van der Waals surface area contributed by atoms with Crippen molar-refractivity contribution in [2.45, 2.75) is 25.4 Å². The highest BCUT2D eigenvalue weighted by atomic mass is 16.5. The zero-order valence-corrected chi connectivity index (χ0v) is 14.6. The molecule has 3 aromatic rings. The van der Waals surface area contributed by atoms with Crippen molar-refractivity contribution >= 4 is 16.9 Å². The van der Waals surface area contributed by atoms with E-state index in [-0.39, 0.29) is 17.9 Å². The minimum absolute atomic E-state index is 0.00635. The molecule has 0 radical (unpaired) electrons. The zero-order chi connectivity index (χ0) is 17.6. The van der Waals surface area contributed by atoms with Crippen molar-refractivity contribution < 1.29 is 13.9 Å². The van der Waals surface area contributed by atoms with Crippen LogP contribution in [0.4, 0.5) is 0 Å². The fourth-order valence-electron chi connectivity index (χ4n) is 3.04. The number of methoxy groups -OCH3 is 1. The van der Waals surface area contributed by atoms with Gasteiger partial charge in [0, 0.05) is 12.5 Å². The normalized spacial score (nSPS) is 13.5. The molecule has 2 aromatic carbocycles. The highest BCUT2D eigenvalue weighted by Crippen LogP contribution is 2.26. The van der Waals surface area contributed by atoms with E-state index in [0.717, 1.165) is 28.7 Å². The molecule has 4 heteroatoms. The van der Waals surface area contributed by atoms with Crippen LogP contribution < -0.4 is 5.32 Å². The van der Waals surface area contributed by atoms with Crippen molar-refractivity contribution in [3.8, 4) is 0 Å². The van der Waals surface area contributed by atoms with E-state index >= 15 is 0 Å². The molecule has 1 amide bonds. The minimum Gasteiger partial charge on any atom is -0.458 e. The summed E-state index contributed by atoms with van der Waals surface area (Å²) in [5.41, 5.74) is 1.85. The van der Waals surface area contributed by atoms with Gasteiger partial charge in [0.15, 0.2) is 0 Å². The Hall–Kier alpha value is -2.59. The summed E-state index contributed by atoms with van der Waals surface area (Å²) in [4.78, 5) is 12.6. The van der Waals surface area contributed by atoms with Gasteiger partial charge in [-0.25, -0.2) is 0 Å². The van der Waals surface area contributed by atoms with Gasteiger partial charge in [-0.1, -0.05) is 55.5 Å². The Kier molecular flexibility index (Phi) is 5.51. The molecule has 0 saturated heterocycles. The van der Waals surface area contributed by atoms with Crippen LogP contribution in [0.15, 0.2) is 65.1 Å². The van der Waals surface area contributed by atoms with Gasteiger partial charge in [0.2, 0.25) is 5.91 Å². The summed E-state index contributed by atoms with van der Waals surface area (Å²) in [6, 6.07) is 19.6. The van der Waals surface area contributed by atoms with Crippen LogP contribution in [0.2, 0.25) is 0 Å². The predicted octanol–water partition coefficient (Wildman–Crippen LogP) is 4.43. The SMILES string of the molecule is CC[C@H](C(=O)NC[C@H](OC)c1cc2ccccc2o1)c1ccccc1. The summed E-state index contributed by atoms with van der Waals surface area (Å²) in [6.07, 6.45) is 0.433. The summed E-state index contributed by atoms with van der Waals surface area (Å²) in [5.74, 6) is 0.568. The maximum Gasteiger partial charge on any atom is 0.227 e. The lowest BCUT2D eigenvalue weighted by molar-refractivity contribution is -0.123. The molecule has 2 atom stereocenters. The van der Waals surface area contributed by atoms with Crippen LogP contribution >= 0.6 is 0 Å². The van der Waals surface area contributed by atoms with Crippen molar-refractivity contribution in [1.82, 2.24) is 5.32 Å². The van der Waals surface area contributed by atoms with Crippen molar-refractivity contribution in [1.29, 1.82) is 0 Å². The number of nitrogens with one attached hydrogen (secondary N) is 1.